The Hall–Kier alpha value is -0.0900. The Morgan fingerprint density at radius 2 is 2.00 bits per heavy atom. The van der Waals surface area contributed by atoms with Crippen molar-refractivity contribution in [3.63, 3.8) is 0 Å². The molecule has 0 rings (SSSR count). The Morgan fingerprint density at radius 1 is 1.50 bits per heavy atom. The van der Waals surface area contributed by atoms with E-state index in [4.69, 9.17) is 5.11 Å². The van der Waals surface area contributed by atoms with Crippen LogP contribution in [0.3, 0.4) is 0 Å². The van der Waals surface area contributed by atoms with Gasteiger partial charge in [-0.05, 0) is 12.8 Å². The molecule has 0 saturated heterocycles. The summed E-state index contributed by atoms with van der Waals surface area (Å²) in [4.78, 5) is 10.9. The largest absolute Gasteiger partial charge is 0.394 e. The third-order valence-corrected chi connectivity index (χ3v) is 2.11. The standard InChI is InChI=1S/C8H16BrNO2/c1-5(2)7(4-11)10-8(12)6(3)9/h5-7,11H,4H2,1-3H3,(H,10,12). The zero-order valence-corrected chi connectivity index (χ0v) is 9.26. The first-order valence-electron chi connectivity index (χ1n) is 4.04. The summed E-state index contributed by atoms with van der Waals surface area (Å²) >= 11 is 3.15. The van der Waals surface area contributed by atoms with Crippen LogP contribution >= 0.6 is 15.9 Å². The van der Waals surface area contributed by atoms with Gasteiger partial charge in [0.25, 0.3) is 0 Å². The van der Waals surface area contributed by atoms with Crippen molar-refractivity contribution >= 4 is 21.8 Å². The molecule has 12 heavy (non-hydrogen) atoms. The van der Waals surface area contributed by atoms with Crippen molar-refractivity contribution in [3.8, 4) is 0 Å². The molecule has 0 spiro atoms. The highest BCUT2D eigenvalue weighted by molar-refractivity contribution is 9.10. The van der Waals surface area contributed by atoms with E-state index in [9.17, 15) is 4.79 Å². The fourth-order valence-corrected chi connectivity index (χ4v) is 0.853. The molecule has 0 aromatic rings. The average molecular weight is 238 g/mol. The summed E-state index contributed by atoms with van der Waals surface area (Å²) in [6, 6.07) is -0.141. The Kier molecular flexibility index (Phi) is 5.50. The second-order valence-electron chi connectivity index (χ2n) is 3.16. The highest BCUT2D eigenvalue weighted by Crippen LogP contribution is 2.03. The summed E-state index contributed by atoms with van der Waals surface area (Å²) < 4.78 is 0. The number of alkyl halides is 1. The quantitative estimate of drug-likeness (QED) is 0.715. The molecule has 0 saturated carbocycles. The van der Waals surface area contributed by atoms with Crippen molar-refractivity contribution in [2.24, 2.45) is 5.92 Å². The number of aliphatic hydroxyl groups is 1. The summed E-state index contributed by atoms with van der Waals surface area (Å²) in [5.41, 5.74) is 0. The van der Waals surface area contributed by atoms with Gasteiger partial charge < -0.3 is 10.4 Å². The van der Waals surface area contributed by atoms with Gasteiger partial charge in [0.2, 0.25) is 5.91 Å². The van der Waals surface area contributed by atoms with Crippen molar-refractivity contribution in [2.45, 2.75) is 31.6 Å². The molecule has 0 aliphatic heterocycles. The number of hydrogen-bond acceptors (Lipinski definition) is 2. The second-order valence-corrected chi connectivity index (χ2v) is 4.53. The molecule has 3 nitrogen and oxygen atoms in total. The summed E-state index contributed by atoms with van der Waals surface area (Å²) in [5.74, 6) is 0.174. The van der Waals surface area contributed by atoms with Crippen molar-refractivity contribution < 1.29 is 9.90 Å². The summed E-state index contributed by atoms with van der Waals surface area (Å²) in [7, 11) is 0. The minimum absolute atomic E-state index is 0.0108. The minimum atomic E-state index is -0.203. The predicted octanol–water partition coefficient (Wildman–Crippen LogP) is 0.903. The van der Waals surface area contributed by atoms with Crippen molar-refractivity contribution in [2.75, 3.05) is 6.61 Å². The number of amides is 1. The molecule has 72 valence electrons. The van der Waals surface area contributed by atoms with Crippen LogP contribution in [0.25, 0.3) is 0 Å². The van der Waals surface area contributed by atoms with Gasteiger partial charge >= 0.3 is 0 Å². The molecule has 0 fully saturated rings. The number of nitrogens with one attached hydrogen (secondary N) is 1. The maximum Gasteiger partial charge on any atom is 0.233 e. The first-order valence-corrected chi connectivity index (χ1v) is 4.96. The molecule has 0 radical (unpaired) electrons. The number of carbonyl (C=O) groups excluding carboxylic acids is 1. The van der Waals surface area contributed by atoms with Crippen LogP contribution in [-0.2, 0) is 4.79 Å². The number of halogens is 1. The van der Waals surface area contributed by atoms with Gasteiger partial charge in [-0.25, -0.2) is 0 Å². The molecule has 2 atom stereocenters. The predicted molar refractivity (Wildman–Crippen MR) is 52.2 cm³/mol. The third-order valence-electron chi connectivity index (χ3n) is 1.69. The maximum atomic E-state index is 11.1. The van der Waals surface area contributed by atoms with Crippen molar-refractivity contribution in [3.05, 3.63) is 0 Å². The van der Waals surface area contributed by atoms with Crippen molar-refractivity contribution in [1.82, 2.24) is 5.32 Å². The van der Waals surface area contributed by atoms with Crippen LogP contribution in [0, 0.1) is 5.92 Å². The normalized spacial score (nSPS) is 15.8. The first kappa shape index (κ1) is 11.9. The third kappa shape index (κ3) is 4.07. The molecular weight excluding hydrogens is 222 g/mol. The average Bonchev–Trinajstić information content (AvgIpc) is 1.98. The van der Waals surface area contributed by atoms with E-state index in [1.165, 1.54) is 0 Å². The fourth-order valence-electron chi connectivity index (χ4n) is 0.721. The molecule has 0 bridgehead atoms. The van der Waals surface area contributed by atoms with Crippen LogP contribution in [0.5, 0.6) is 0 Å². The van der Waals surface area contributed by atoms with Crippen molar-refractivity contribution in [1.29, 1.82) is 0 Å². The van der Waals surface area contributed by atoms with E-state index in [1.54, 1.807) is 6.92 Å². The SMILES string of the molecule is CC(Br)C(=O)NC(CO)C(C)C. The van der Waals surface area contributed by atoms with Gasteiger partial charge in [-0.15, -0.1) is 0 Å². The molecule has 1 amide bonds. The lowest BCUT2D eigenvalue weighted by Crippen LogP contribution is -2.43. The van der Waals surface area contributed by atoms with E-state index in [2.05, 4.69) is 21.2 Å². The molecule has 0 aliphatic rings. The lowest BCUT2D eigenvalue weighted by Gasteiger charge is -2.20. The van der Waals surface area contributed by atoms with Gasteiger partial charge in [-0.2, -0.15) is 0 Å². The van der Waals surface area contributed by atoms with Gasteiger partial charge in [-0.1, -0.05) is 29.8 Å². The van der Waals surface area contributed by atoms with E-state index in [-0.39, 0.29) is 29.3 Å². The van der Waals surface area contributed by atoms with E-state index >= 15 is 0 Å². The number of rotatable bonds is 4. The smallest absolute Gasteiger partial charge is 0.233 e. The summed E-state index contributed by atoms with van der Waals surface area (Å²) in [6.45, 7) is 5.66. The van der Waals surface area contributed by atoms with Gasteiger partial charge in [0.05, 0.1) is 17.5 Å². The van der Waals surface area contributed by atoms with E-state index < -0.39 is 0 Å². The zero-order valence-electron chi connectivity index (χ0n) is 7.67. The van der Waals surface area contributed by atoms with E-state index in [1.807, 2.05) is 13.8 Å². The van der Waals surface area contributed by atoms with E-state index in [0.29, 0.717) is 0 Å². The van der Waals surface area contributed by atoms with Crippen LogP contribution < -0.4 is 5.32 Å². The monoisotopic (exact) mass is 237 g/mol. The molecule has 2 N–H and O–H groups in total. The van der Waals surface area contributed by atoms with Crippen LogP contribution in [0.1, 0.15) is 20.8 Å². The Labute approximate surface area is 81.7 Å². The van der Waals surface area contributed by atoms with Gasteiger partial charge in [0, 0.05) is 0 Å². The zero-order chi connectivity index (χ0) is 9.72. The number of aliphatic hydroxyl groups excluding tert-OH is 1. The first-order chi connectivity index (χ1) is 5.49. The highest BCUT2D eigenvalue weighted by Gasteiger charge is 2.17. The molecule has 0 aromatic heterocycles. The number of hydrogen-bond donors (Lipinski definition) is 2. The topological polar surface area (TPSA) is 49.3 Å². The lowest BCUT2D eigenvalue weighted by molar-refractivity contribution is -0.121. The van der Waals surface area contributed by atoms with Crippen LogP contribution in [0.2, 0.25) is 0 Å². The van der Waals surface area contributed by atoms with Crippen LogP contribution in [-0.4, -0.2) is 28.5 Å². The fraction of sp³-hybridized carbons (Fsp3) is 0.875. The Bertz CT molecular complexity index is 148. The molecule has 0 heterocycles. The molecule has 0 aliphatic carbocycles. The molecule has 0 aromatic carbocycles. The Balaban J connectivity index is 3.94. The van der Waals surface area contributed by atoms with Gasteiger partial charge in [0.15, 0.2) is 0 Å². The minimum Gasteiger partial charge on any atom is -0.394 e. The molecule has 2 unspecified atom stereocenters. The summed E-state index contributed by atoms with van der Waals surface area (Å²) in [5, 5.41) is 11.6. The van der Waals surface area contributed by atoms with Gasteiger partial charge in [-0.3, -0.25) is 4.79 Å². The molecule has 4 heteroatoms. The number of carbonyl (C=O) groups is 1. The van der Waals surface area contributed by atoms with Crippen LogP contribution in [0.15, 0.2) is 0 Å². The highest BCUT2D eigenvalue weighted by atomic mass is 79.9. The Morgan fingerprint density at radius 3 is 2.25 bits per heavy atom. The van der Waals surface area contributed by atoms with E-state index in [0.717, 1.165) is 0 Å². The maximum absolute atomic E-state index is 11.1. The molecular formula is C8H16BrNO2. The lowest BCUT2D eigenvalue weighted by atomic mass is 10.1. The van der Waals surface area contributed by atoms with Gasteiger partial charge in [0.1, 0.15) is 0 Å². The second kappa shape index (κ2) is 5.54. The summed E-state index contributed by atoms with van der Waals surface area (Å²) in [6.07, 6.45) is 0. The van der Waals surface area contributed by atoms with Crippen LogP contribution in [0.4, 0.5) is 0 Å².